The smallest absolute Gasteiger partial charge is 0.253 e. The molecule has 29 heavy (non-hydrogen) atoms. The van der Waals surface area contributed by atoms with Gasteiger partial charge >= 0.3 is 0 Å². The van der Waals surface area contributed by atoms with Crippen LogP contribution >= 0.6 is 0 Å². The van der Waals surface area contributed by atoms with Crippen molar-refractivity contribution in [1.29, 1.82) is 0 Å². The highest BCUT2D eigenvalue weighted by Crippen LogP contribution is 2.27. The number of hydrogen-bond donors (Lipinski definition) is 0. The molecule has 5 heteroatoms. The second-order valence-corrected chi connectivity index (χ2v) is 7.86. The predicted octanol–water partition coefficient (Wildman–Crippen LogP) is 2.99. The van der Waals surface area contributed by atoms with Crippen LogP contribution in [0.2, 0.25) is 0 Å². The van der Waals surface area contributed by atoms with Gasteiger partial charge in [-0.25, -0.2) is 0 Å². The summed E-state index contributed by atoms with van der Waals surface area (Å²) in [5.74, 6) is 0.307. The summed E-state index contributed by atoms with van der Waals surface area (Å²) in [5.41, 5.74) is 4.34. The molecule has 2 aromatic carbocycles. The van der Waals surface area contributed by atoms with Crippen molar-refractivity contribution in [3.8, 4) is 0 Å². The molecule has 4 rings (SSSR count). The molecule has 0 spiro atoms. The molecule has 2 amide bonds. The van der Waals surface area contributed by atoms with Gasteiger partial charge < -0.3 is 9.80 Å². The molecule has 1 fully saturated rings. The molecule has 2 aliphatic rings. The van der Waals surface area contributed by atoms with E-state index in [2.05, 4.69) is 17.9 Å². The monoisotopic (exact) mass is 391 g/mol. The molecule has 2 aromatic rings. The predicted molar refractivity (Wildman–Crippen MR) is 115 cm³/mol. The van der Waals surface area contributed by atoms with E-state index < -0.39 is 0 Å². The zero-order valence-electron chi connectivity index (χ0n) is 17.1. The molecule has 0 atom stereocenters. The van der Waals surface area contributed by atoms with Gasteiger partial charge in [0.15, 0.2) is 0 Å². The molecule has 2 heterocycles. The minimum Gasteiger partial charge on any atom is -0.336 e. The molecule has 152 valence electrons. The normalized spacial score (nSPS) is 16.7. The van der Waals surface area contributed by atoms with Crippen molar-refractivity contribution < 1.29 is 9.59 Å². The van der Waals surface area contributed by atoms with Gasteiger partial charge in [-0.1, -0.05) is 37.3 Å². The topological polar surface area (TPSA) is 43.9 Å². The SMILES string of the molecule is CCc1ccc(C(=O)N2CCN(CCC(=O)N3CCc4ccccc43)CC2)cc1. The Hall–Kier alpha value is -2.66. The quantitative estimate of drug-likeness (QED) is 0.787. The number of para-hydroxylation sites is 1. The van der Waals surface area contributed by atoms with E-state index >= 15 is 0 Å². The zero-order valence-corrected chi connectivity index (χ0v) is 17.1. The Morgan fingerprint density at radius 1 is 0.897 bits per heavy atom. The highest BCUT2D eigenvalue weighted by molar-refractivity contribution is 5.95. The number of nitrogens with zero attached hydrogens (tertiary/aromatic N) is 3. The maximum atomic E-state index is 12.7. The summed E-state index contributed by atoms with van der Waals surface area (Å²) in [6.07, 6.45) is 2.46. The Kier molecular flexibility index (Phi) is 5.95. The Labute approximate surface area is 172 Å². The largest absolute Gasteiger partial charge is 0.336 e. The first-order chi connectivity index (χ1) is 14.2. The lowest BCUT2D eigenvalue weighted by molar-refractivity contribution is -0.118. The molecule has 5 nitrogen and oxygen atoms in total. The van der Waals surface area contributed by atoms with Crippen LogP contribution in [0.1, 0.15) is 34.8 Å². The summed E-state index contributed by atoms with van der Waals surface area (Å²) >= 11 is 0. The minimum absolute atomic E-state index is 0.108. The first-order valence-corrected chi connectivity index (χ1v) is 10.6. The molecule has 1 saturated heterocycles. The lowest BCUT2D eigenvalue weighted by atomic mass is 10.1. The molecule has 0 aliphatic carbocycles. The Morgan fingerprint density at radius 2 is 1.62 bits per heavy atom. The van der Waals surface area contributed by atoms with Crippen molar-refractivity contribution in [1.82, 2.24) is 9.80 Å². The van der Waals surface area contributed by atoms with Crippen LogP contribution in [0.25, 0.3) is 0 Å². The fourth-order valence-electron chi connectivity index (χ4n) is 4.23. The van der Waals surface area contributed by atoms with Gasteiger partial charge in [-0.2, -0.15) is 0 Å². The summed E-state index contributed by atoms with van der Waals surface area (Å²) in [6, 6.07) is 16.1. The number of carbonyl (C=O) groups is 2. The number of piperazine rings is 1. The van der Waals surface area contributed by atoms with E-state index in [1.54, 1.807) is 0 Å². The van der Waals surface area contributed by atoms with Crippen LogP contribution in [-0.2, 0) is 17.6 Å². The zero-order chi connectivity index (χ0) is 20.2. The van der Waals surface area contributed by atoms with Gasteiger partial charge in [-0.15, -0.1) is 0 Å². The van der Waals surface area contributed by atoms with Crippen molar-refractivity contribution in [2.24, 2.45) is 0 Å². The van der Waals surface area contributed by atoms with E-state index in [4.69, 9.17) is 0 Å². The van der Waals surface area contributed by atoms with Gasteiger partial charge in [-0.05, 0) is 42.2 Å². The van der Waals surface area contributed by atoms with E-state index in [1.807, 2.05) is 52.3 Å². The number of aryl methyl sites for hydroxylation is 1. The Morgan fingerprint density at radius 3 is 2.34 bits per heavy atom. The summed E-state index contributed by atoms with van der Waals surface area (Å²) in [5, 5.41) is 0. The van der Waals surface area contributed by atoms with Gasteiger partial charge in [0.2, 0.25) is 5.91 Å². The number of anilines is 1. The van der Waals surface area contributed by atoms with Crippen molar-refractivity contribution in [2.45, 2.75) is 26.2 Å². The Balaban J connectivity index is 1.25. The number of fused-ring (bicyclic) bond motifs is 1. The second kappa shape index (κ2) is 8.78. The third kappa shape index (κ3) is 4.35. The lowest BCUT2D eigenvalue weighted by Crippen LogP contribution is -2.49. The molecular formula is C24H29N3O2. The number of carbonyl (C=O) groups excluding carboxylic acids is 2. The van der Waals surface area contributed by atoms with E-state index in [-0.39, 0.29) is 11.8 Å². The molecule has 0 bridgehead atoms. The molecule has 0 unspecified atom stereocenters. The summed E-state index contributed by atoms with van der Waals surface area (Å²) in [4.78, 5) is 31.6. The third-order valence-electron chi connectivity index (χ3n) is 6.10. The molecule has 0 saturated carbocycles. The van der Waals surface area contributed by atoms with Crippen LogP contribution in [-0.4, -0.2) is 60.9 Å². The fourth-order valence-corrected chi connectivity index (χ4v) is 4.23. The fraction of sp³-hybridized carbons (Fsp3) is 0.417. The van der Waals surface area contributed by atoms with Crippen molar-refractivity contribution in [2.75, 3.05) is 44.2 Å². The van der Waals surface area contributed by atoms with Gasteiger partial charge in [0.05, 0.1) is 0 Å². The average Bonchev–Trinajstić information content (AvgIpc) is 3.22. The van der Waals surface area contributed by atoms with Crippen molar-refractivity contribution in [3.63, 3.8) is 0 Å². The van der Waals surface area contributed by atoms with E-state index in [0.717, 1.165) is 63.4 Å². The van der Waals surface area contributed by atoms with Crippen LogP contribution in [0.3, 0.4) is 0 Å². The van der Waals surface area contributed by atoms with Gasteiger partial charge in [0.1, 0.15) is 0 Å². The van der Waals surface area contributed by atoms with Gasteiger partial charge in [0, 0.05) is 56.9 Å². The Bertz CT molecular complexity index is 870. The van der Waals surface area contributed by atoms with Crippen molar-refractivity contribution in [3.05, 3.63) is 65.2 Å². The van der Waals surface area contributed by atoms with Crippen LogP contribution in [0.5, 0.6) is 0 Å². The van der Waals surface area contributed by atoms with Gasteiger partial charge in [-0.3, -0.25) is 14.5 Å². The minimum atomic E-state index is 0.108. The lowest BCUT2D eigenvalue weighted by Gasteiger charge is -2.35. The van der Waals surface area contributed by atoms with Crippen molar-refractivity contribution >= 4 is 17.5 Å². The highest BCUT2D eigenvalue weighted by Gasteiger charge is 2.26. The maximum Gasteiger partial charge on any atom is 0.253 e. The van der Waals surface area contributed by atoms with Crippen LogP contribution in [0.15, 0.2) is 48.5 Å². The van der Waals surface area contributed by atoms with E-state index in [0.29, 0.717) is 6.42 Å². The van der Waals surface area contributed by atoms with Crippen LogP contribution in [0, 0.1) is 0 Å². The number of benzene rings is 2. The van der Waals surface area contributed by atoms with Crippen LogP contribution < -0.4 is 4.90 Å². The van der Waals surface area contributed by atoms with E-state index in [1.165, 1.54) is 11.1 Å². The maximum absolute atomic E-state index is 12.7. The standard InChI is InChI=1S/C24H29N3O2/c1-2-19-7-9-21(10-8-19)24(29)26-17-15-25(16-18-26)13-12-23(28)27-14-11-20-5-3-4-6-22(20)27/h3-10H,2,11-18H2,1H3. The third-order valence-corrected chi connectivity index (χ3v) is 6.10. The first kappa shape index (κ1) is 19.6. The van der Waals surface area contributed by atoms with Crippen LogP contribution in [0.4, 0.5) is 5.69 Å². The van der Waals surface area contributed by atoms with Gasteiger partial charge in [0.25, 0.3) is 5.91 Å². The molecule has 0 N–H and O–H groups in total. The summed E-state index contributed by atoms with van der Waals surface area (Å²) in [6.45, 7) is 6.74. The number of hydrogen-bond acceptors (Lipinski definition) is 3. The molecule has 0 radical (unpaired) electrons. The molecule has 0 aromatic heterocycles. The number of amides is 2. The summed E-state index contributed by atoms with van der Waals surface area (Å²) in [7, 11) is 0. The molecular weight excluding hydrogens is 362 g/mol. The highest BCUT2D eigenvalue weighted by atomic mass is 16.2. The average molecular weight is 392 g/mol. The summed E-state index contributed by atoms with van der Waals surface area (Å²) < 4.78 is 0. The first-order valence-electron chi connectivity index (χ1n) is 10.6. The second-order valence-electron chi connectivity index (χ2n) is 7.86. The number of rotatable bonds is 5. The molecule has 2 aliphatic heterocycles. The van der Waals surface area contributed by atoms with E-state index in [9.17, 15) is 9.59 Å².